The predicted octanol–water partition coefficient (Wildman–Crippen LogP) is 3.37. The van der Waals surface area contributed by atoms with E-state index in [9.17, 15) is 19.2 Å². The van der Waals surface area contributed by atoms with E-state index in [4.69, 9.17) is 13.6 Å². The molecule has 0 aromatic carbocycles. The van der Waals surface area contributed by atoms with Gasteiger partial charge >= 0.3 is 23.9 Å². The van der Waals surface area contributed by atoms with Crippen molar-refractivity contribution < 1.29 is 32.8 Å². The topological polar surface area (TPSA) is 96.0 Å². The highest BCUT2D eigenvalue weighted by Gasteiger charge is 2.74. The summed E-state index contributed by atoms with van der Waals surface area (Å²) >= 11 is 0. The monoisotopic (exact) mass is 482 g/mol. The first-order chi connectivity index (χ1) is 15.7. The fourth-order valence-corrected chi connectivity index (χ4v) is 15.9. The molecule has 2 aliphatic carbocycles. The molecule has 0 spiro atoms. The molecule has 4 unspecified atom stereocenters. The average Bonchev–Trinajstić information content (AvgIpc) is 3.26. The van der Waals surface area contributed by atoms with Crippen LogP contribution in [0.5, 0.6) is 0 Å². The van der Waals surface area contributed by atoms with Crippen LogP contribution >= 0.6 is 0 Å². The third kappa shape index (κ3) is 2.70. The summed E-state index contributed by atoms with van der Waals surface area (Å²) in [5.41, 5.74) is 6.25. The lowest BCUT2D eigenvalue weighted by atomic mass is 9.84. The molecule has 0 radical (unpaired) electrons. The highest BCUT2D eigenvalue weighted by molar-refractivity contribution is 7.01. The molecule has 2 fully saturated rings. The van der Waals surface area contributed by atoms with E-state index in [1.54, 1.807) is 22.8 Å². The third-order valence-electron chi connectivity index (χ3n) is 7.78. The lowest BCUT2D eigenvalue weighted by Crippen LogP contribution is -2.64. The summed E-state index contributed by atoms with van der Waals surface area (Å²) in [6.45, 7) is 16.0. The SMILES string of the molecule is C=C[Si](C=C)(O[Si](C=C)(C=C)C12CC=CCC1C(=O)OC2=O)C12CC=CCC1C(=O)OC2=O. The van der Waals surface area contributed by atoms with E-state index < -0.39 is 62.4 Å². The van der Waals surface area contributed by atoms with Crippen LogP contribution in [0.2, 0.25) is 10.1 Å². The number of esters is 4. The quantitative estimate of drug-likeness (QED) is 0.226. The zero-order chi connectivity index (χ0) is 24.1. The molecule has 0 N–H and O–H groups in total. The number of hydrogen-bond donors (Lipinski definition) is 0. The van der Waals surface area contributed by atoms with Crippen molar-refractivity contribution in [2.75, 3.05) is 0 Å². The molecule has 7 nitrogen and oxygen atoms in total. The van der Waals surface area contributed by atoms with Gasteiger partial charge in [0.05, 0.1) is 11.8 Å². The van der Waals surface area contributed by atoms with Crippen LogP contribution in [0.3, 0.4) is 0 Å². The molecular formula is C24H26O7Si2. The van der Waals surface area contributed by atoms with Gasteiger partial charge in [-0.05, 0) is 25.7 Å². The van der Waals surface area contributed by atoms with Gasteiger partial charge in [0.15, 0.2) is 0 Å². The van der Waals surface area contributed by atoms with Crippen LogP contribution in [0.1, 0.15) is 25.7 Å². The standard InChI is InChI=1S/C24H26O7Si2/c1-5-32(6-2,23-15-11-9-13-17(23)19(25)29-21(23)27)31-33(7-3,8-4)24-16-12-10-14-18(24)20(26)30-22(24)28/h5-12,17-18H,1-4,13-16H2. The van der Waals surface area contributed by atoms with E-state index in [-0.39, 0.29) is 12.8 Å². The minimum Gasteiger partial charge on any atom is -0.442 e. The molecule has 0 amide bonds. The number of ether oxygens (including phenoxy) is 2. The van der Waals surface area contributed by atoms with E-state index in [1.807, 2.05) is 24.3 Å². The van der Waals surface area contributed by atoms with Crippen molar-refractivity contribution in [2.45, 2.75) is 35.8 Å². The lowest BCUT2D eigenvalue weighted by molar-refractivity contribution is -0.155. The fraction of sp³-hybridized carbons (Fsp3) is 0.333. The molecule has 2 saturated heterocycles. The first-order valence-corrected chi connectivity index (χ1v) is 14.9. The molecule has 2 heterocycles. The predicted molar refractivity (Wildman–Crippen MR) is 125 cm³/mol. The Morgan fingerprint density at radius 3 is 1.42 bits per heavy atom. The Kier molecular flexibility index (Phi) is 5.54. The Hall–Kier alpha value is -2.89. The fourth-order valence-electron chi connectivity index (χ4n) is 5.95. The first kappa shape index (κ1) is 23.3. The largest absolute Gasteiger partial charge is 0.442 e. The zero-order valence-corrected chi connectivity index (χ0v) is 20.3. The van der Waals surface area contributed by atoms with Gasteiger partial charge < -0.3 is 13.6 Å². The van der Waals surface area contributed by atoms with Crippen molar-refractivity contribution in [1.29, 1.82) is 0 Å². The number of allylic oxidation sites excluding steroid dienone is 4. The third-order valence-corrected chi connectivity index (χ3v) is 17.2. The number of cyclic esters (lactones) is 4. The number of rotatable bonds is 8. The number of carbonyl (C=O) groups is 4. The van der Waals surface area contributed by atoms with Crippen LogP contribution in [-0.2, 0) is 32.8 Å². The Labute approximate surface area is 194 Å². The number of carbonyl (C=O) groups excluding carboxylic acids is 4. The maximum atomic E-state index is 13.3. The van der Waals surface area contributed by atoms with Crippen molar-refractivity contribution in [2.24, 2.45) is 11.8 Å². The average molecular weight is 483 g/mol. The molecule has 4 atom stereocenters. The van der Waals surface area contributed by atoms with Crippen LogP contribution in [0.25, 0.3) is 0 Å². The van der Waals surface area contributed by atoms with E-state index in [0.29, 0.717) is 12.8 Å². The summed E-state index contributed by atoms with van der Waals surface area (Å²) in [4.78, 5) is 51.9. The minimum atomic E-state index is -3.62. The molecule has 4 rings (SSSR count). The van der Waals surface area contributed by atoms with Crippen LogP contribution < -0.4 is 0 Å². The van der Waals surface area contributed by atoms with Crippen molar-refractivity contribution >= 4 is 40.5 Å². The van der Waals surface area contributed by atoms with Crippen LogP contribution in [-0.4, -0.2) is 40.5 Å². The highest BCUT2D eigenvalue weighted by Crippen LogP contribution is 2.63. The van der Waals surface area contributed by atoms with E-state index >= 15 is 0 Å². The van der Waals surface area contributed by atoms with Gasteiger partial charge in [0.25, 0.3) is 0 Å². The molecule has 0 aromatic heterocycles. The minimum absolute atomic E-state index is 0.213. The lowest BCUT2D eigenvalue weighted by Gasteiger charge is -2.51. The maximum Gasteiger partial charge on any atom is 0.321 e. The normalized spacial score (nSPS) is 33.1. The van der Waals surface area contributed by atoms with E-state index in [0.717, 1.165) is 0 Å². The summed E-state index contributed by atoms with van der Waals surface area (Å²) in [6.07, 6.45) is 8.40. The number of hydrogen-bond acceptors (Lipinski definition) is 7. The van der Waals surface area contributed by atoms with Gasteiger partial charge in [-0.2, -0.15) is 0 Å². The summed E-state index contributed by atoms with van der Waals surface area (Å²) in [6, 6.07) is 0. The Bertz CT molecular complexity index is 959. The van der Waals surface area contributed by atoms with Gasteiger partial charge in [0.2, 0.25) is 16.6 Å². The van der Waals surface area contributed by atoms with Crippen molar-refractivity contribution in [3.8, 4) is 0 Å². The summed E-state index contributed by atoms with van der Waals surface area (Å²) in [5, 5.41) is -2.65. The Morgan fingerprint density at radius 2 is 1.09 bits per heavy atom. The summed E-state index contributed by atoms with van der Waals surface area (Å²) in [5.74, 6) is -4.07. The first-order valence-electron chi connectivity index (χ1n) is 10.8. The van der Waals surface area contributed by atoms with Crippen molar-refractivity contribution in [3.05, 3.63) is 73.4 Å². The molecule has 33 heavy (non-hydrogen) atoms. The van der Waals surface area contributed by atoms with Gasteiger partial charge in [-0.1, -0.05) is 47.1 Å². The second kappa shape index (κ2) is 7.86. The summed E-state index contributed by atoms with van der Waals surface area (Å²) in [7, 11) is -7.24. The van der Waals surface area contributed by atoms with Gasteiger partial charge in [-0.3, -0.25) is 19.2 Å². The van der Waals surface area contributed by atoms with Crippen LogP contribution in [0.4, 0.5) is 0 Å². The second-order valence-electron chi connectivity index (χ2n) is 8.79. The van der Waals surface area contributed by atoms with Gasteiger partial charge in [0.1, 0.15) is 10.1 Å². The molecule has 2 aliphatic heterocycles. The molecule has 4 aliphatic rings. The zero-order valence-electron chi connectivity index (χ0n) is 18.3. The van der Waals surface area contributed by atoms with Gasteiger partial charge in [0, 0.05) is 0 Å². The highest BCUT2D eigenvalue weighted by atomic mass is 28.4. The van der Waals surface area contributed by atoms with Crippen molar-refractivity contribution in [3.63, 3.8) is 0 Å². The Morgan fingerprint density at radius 1 is 0.727 bits per heavy atom. The van der Waals surface area contributed by atoms with Gasteiger partial charge in [-0.25, -0.2) is 0 Å². The van der Waals surface area contributed by atoms with Crippen molar-refractivity contribution in [1.82, 2.24) is 0 Å². The van der Waals surface area contributed by atoms with Gasteiger partial charge in [-0.15, -0.1) is 26.3 Å². The molecular weight excluding hydrogens is 456 g/mol. The van der Waals surface area contributed by atoms with Crippen LogP contribution in [0, 0.1) is 11.8 Å². The molecule has 172 valence electrons. The van der Waals surface area contributed by atoms with E-state index in [1.165, 1.54) is 0 Å². The molecule has 0 saturated carbocycles. The Balaban J connectivity index is 1.94. The smallest absolute Gasteiger partial charge is 0.321 e. The second-order valence-corrected chi connectivity index (χ2v) is 16.2. The van der Waals surface area contributed by atoms with E-state index in [2.05, 4.69) is 26.3 Å². The maximum absolute atomic E-state index is 13.3. The molecule has 9 heteroatoms. The molecule has 0 aromatic rings. The number of fused-ring (bicyclic) bond motifs is 2. The molecule has 0 bridgehead atoms. The van der Waals surface area contributed by atoms with Crippen LogP contribution in [0.15, 0.2) is 73.4 Å². The summed E-state index contributed by atoms with van der Waals surface area (Å²) < 4.78 is 17.2.